The Hall–Kier alpha value is -2.89. The van der Waals surface area contributed by atoms with Gasteiger partial charge in [-0.15, -0.1) is 0 Å². The van der Waals surface area contributed by atoms with E-state index in [9.17, 15) is 14.9 Å². The molecule has 0 aliphatic heterocycles. The van der Waals surface area contributed by atoms with Crippen LogP contribution >= 0.6 is 0 Å². The average Bonchev–Trinajstić information content (AvgIpc) is 2.59. The molecule has 0 aliphatic rings. The highest BCUT2D eigenvalue weighted by Crippen LogP contribution is 2.27. The van der Waals surface area contributed by atoms with Crippen LogP contribution in [0.15, 0.2) is 42.5 Å². The summed E-state index contributed by atoms with van der Waals surface area (Å²) in [5.41, 5.74) is 3.17. The molecule has 2 aromatic carbocycles. The van der Waals surface area contributed by atoms with E-state index >= 15 is 0 Å². The predicted molar refractivity (Wildman–Crippen MR) is 104 cm³/mol. The van der Waals surface area contributed by atoms with Crippen molar-refractivity contribution in [3.63, 3.8) is 0 Å². The Morgan fingerprint density at radius 3 is 2.27 bits per heavy atom. The molecule has 138 valence electrons. The number of nitro benzene ring substituents is 1. The van der Waals surface area contributed by atoms with E-state index in [0.29, 0.717) is 12.1 Å². The lowest BCUT2D eigenvalue weighted by Gasteiger charge is -2.11. The molecular formula is C20H25N3O3. The third kappa shape index (κ3) is 5.05. The van der Waals surface area contributed by atoms with Crippen LogP contribution in [0.25, 0.3) is 0 Å². The van der Waals surface area contributed by atoms with Crippen LogP contribution in [0.4, 0.5) is 11.4 Å². The molecule has 0 heterocycles. The van der Waals surface area contributed by atoms with Gasteiger partial charge >= 0.3 is 0 Å². The summed E-state index contributed by atoms with van der Waals surface area (Å²) >= 11 is 0. The normalized spacial score (nSPS) is 10.8. The molecule has 0 fully saturated rings. The molecule has 2 N–H and O–H groups in total. The van der Waals surface area contributed by atoms with E-state index < -0.39 is 0 Å². The third-order valence-electron chi connectivity index (χ3n) is 3.98. The van der Waals surface area contributed by atoms with Crippen LogP contribution in [0.1, 0.15) is 55.1 Å². The van der Waals surface area contributed by atoms with Gasteiger partial charge in [0.15, 0.2) is 0 Å². The van der Waals surface area contributed by atoms with E-state index in [4.69, 9.17) is 0 Å². The highest BCUT2D eigenvalue weighted by molar-refractivity contribution is 5.94. The number of anilines is 1. The van der Waals surface area contributed by atoms with Crippen molar-refractivity contribution in [3.8, 4) is 0 Å². The number of nitrogens with one attached hydrogen (secondary N) is 2. The van der Waals surface area contributed by atoms with Gasteiger partial charge in [0.2, 0.25) is 0 Å². The van der Waals surface area contributed by atoms with Gasteiger partial charge in [-0.2, -0.15) is 0 Å². The first-order valence-electron chi connectivity index (χ1n) is 8.70. The highest BCUT2D eigenvalue weighted by atomic mass is 16.6. The fraction of sp³-hybridized carbons (Fsp3) is 0.350. The summed E-state index contributed by atoms with van der Waals surface area (Å²) in [5, 5.41) is 17.4. The molecule has 0 unspecified atom stereocenters. The molecule has 0 bridgehead atoms. The monoisotopic (exact) mass is 355 g/mol. The average molecular weight is 355 g/mol. The second-order valence-corrected chi connectivity index (χ2v) is 6.86. The Kier molecular flexibility index (Phi) is 6.33. The molecule has 0 saturated heterocycles. The van der Waals surface area contributed by atoms with Crippen molar-refractivity contribution in [1.29, 1.82) is 0 Å². The van der Waals surface area contributed by atoms with E-state index in [1.54, 1.807) is 18.2 Å². The molecule has 0 aromatic heterocycles. The quantitative estimate of drug-likeness (QED) is 0.567. The Labute approximate surface area is 153 Å². The van der Waals surface area contributed by atoms with Gasteiger partial charge in [-0.05, 0) is 49.6 Å². The first-order valence-corrected chi connectivity index (χ1v) is 8.70. The zero-order valence-corrected chi connectivity index (χ0v) is 15.6. The fourth-order valence-corrected chi connectivity index (χ4v) is 2.63. The van der Waals surface area contributed by atoms with Crippen LogP contribution in [0.5, 0.6) is 0 Å². The second-order valence-electron chi connectivity index (χ2n) is 6.86. The lowest BCUT2D eigenvalue weighted by molar-refractivity contribution is -0.385. The Bertz CT molecular complexity index is 783. The number of benzene rings is 2. The maximum Gasteiger partial charge on any atom is 0.273 e. The van der Waals surface area contributed by atoms with Crippen LogP contribution in [0.2, 0.25) is 0 Å². The summed E-state index contributed by atoms with van der Waals surface area (Å²) in [6, 6.07) is 12.6. The lowest BCUT2D eigenvalue weighted by Crippen LogP contribution is -2.29. The van der Waals surface area contributed by atoms with Gasteiger partial charge < -0.3 is 10.6 Å². The van der Waals surface area contributed by atoms with Gasteiger partial charge in [0.1, 0.15) is 0 Å². The summed E-state index contributed by atoms with van der Waals surface area (Å²) in [6.07, 6.45) is 0. The molecule has 2 rings (SSSR count). The van der Waals surface area contributed by atoms with E-state index in [2.05, 4.69) is 10.6 Å². The van der Waals surface area contributed by atoms with E-state index in [0.717, 1.165) is 16.8 Å². The van der Waals surface area contributed by atoms with Crippen LogP contribution in [0.3, 0.4) is 0 Å². The summed E-state index contributed by atoms with van der Waals surface area (Å²) in [4.78, 5) is 22.9. The van der Waals surface area contributed by atoms with Crippen molar-refractivity contribution in [2.75, 3.05) is 5.32 Å². The van der Waals surface area contributed by atoms with E-state index in [1.165, 1.54) is 0 Å². The van der Waals surface area contributed by atoms with Gasteiger partial charge in [-0.1, -0.05) is 26.0 Å². The largest absolute Gasteiger partial charge is 0.381 e. The van der Waals surface area contributed by atoms with Gasteiger partial charge in [0, 0.05) is 35.5 Å². The first-order chi connectivity index (χ1) is 12.3. The smallest absolute Gasteiger partial charge is 0.273 e. The van der Waals surface area contributed by atoms with Crippen molar-refractivity contribution < 1.29 is 9.72 Å². The van der Waals surface area contributed by atoms with Crippen molar-refractivity contribution in [2.24, 2.45) is 0 Å². The SMILES string of the molecule is CC(C)NC(=O)c1ccc(NCc2ccc(C(C)C)c([N+](=O)[O-])c2)cc1. The molecule has 0 atom stereocenters. The standard InChI is InChI=1S/C20H25N3O3/c1-13(2)18-10-5-15(11-19(18)23(25)26)12-21-17-8-6-16(7-9-17)20(24)22-14(3)4/h5-11,13-14,21H,12H2,1-4H3,(H,22,24). The van der Waals surface area contributed by atoms with Crippen molar-refractivity contribution >= 4 is 17.3 Å². The van der Waals surface area contributed by atoms with Crippen molar-refractivity contribution in [1.82, 2.24) is 5.32 Å². The summed E-state index contributed by atoms with van der Waals surface area (Å²) in [5.74, 6) is -0.00612. The summed E-state index contributed by atoms with van der Waals surface area (Å²) in [7, 11) is 0. The maximum absolute atomic E-state index is 11.9. The molecule has 26 heavy (non-hydrogen) atoms. The van der Waals surface area contributed by atoms with Gasteiger partial charge in [0.05, 0.1) is 4.92 Å². The van der Waals surface area contributed by atoms with Crippen LogP contribution < -0.4 is 10.6 Å². The molecule has 1 amide bonds. The van der Waals surface area contributed by atoms with Crippen molar-refractivity contribution in [2.45, 2.75) is 46.2 Å². The van der Waals surface area contributed by atoms with Crippen LogP contribution in [0, 0.1) is 10.1 Å². The Morgan fingerprint density at radius 2 is 1.73 bits per heavy atom. The summed E-state index contributed by atoms with van der Waals surface area (Å²) in [6.45, 7) is 8.18. The van der Waals surface area contributed by atoms with E-state index in [1.807, 2.05) is 52.0 Å². The molecule has 0 spiro atoms. The Balaban J connectivity index is 2.06. The van der Waals surface area contributed by atoms with Crippen LogP contribution in [-0.4, -0.2) is 16.9 Å². The van der Waals surface area contributed by atoms with Crippen LogP contribution in [-0.2, 0) is 6.54 Å². The molecule has 2 aromatic rings. The minimum absolute atomic E-state index is 0.0879. The molecule has 6 heteroatoms. The first kappa shape index (κ1) is 19.4. The fourth-order valence-electron chi connectivity index (χ4n) is 2.63. The number of nitrogens with zero attached hydrogens (tertiary/aromatic N) is 1. The maximum atomic E-state index is 11.9. The number of rotatable bonds is 7. The molecule has 0 radical (unpaired) electrons. The number of carbonyl (C=O) groups is 1. The van der Waals surface area contributed by atoms with Gasteiger partial charge in [-0.3, -0.25) is 14.9 Å². The molecule has 0 saturated carbocycles. The zero-order chi connectivity index (χ0) is 19.3. The van der Waals surface area contributed by atoms with Gasteiger partial charge in [0.25, 0.3) is 11.6 Å². The molecule has 0 aliphatic carbocycles. The van der Waals surface area contributed by atoms with E-state index in [-0.39, 0.29) is 28.5 Å². The summed E-state index contributed by atoms with van der Waals surface area (Å²) < 4.78 is 0. The molecular weight excluding hydrogens is 330 g/mol. The lowest BCUT2D eigenvalue weighted by atomic mass is 9.99. The number of carbonyl (C=O) groups excluding carboxylic acids is 1. The predicted octanol–water partition coefficient (Wildman–Crippen LogP) is 4.47. The number of hydrogen-bond donors (Lipinski definition) is 2. The Morgan fingerprint density at radius 1 is 1.08 bits per heavy atom. The highest BCUT2D eigenvalue weighted by Gasteiger charge is 2.16. The van der Waals surface area contributed by atoms with Crippen molar-refractivity contribution in [3.05, 3.63) is 69.3 Å². The number of nitro groups is 1. The topological polar surface area (TPSA) is 84.3 Å². The molecule has 6 nitrogen and oxygen atoms in total. The minimum atomic E-state index is -0.332. The minimum Gasteiger partial charge on any atom is -0.381 e. The number of hydrogen-bond acceptors (Lipinski definition) is 4. The third-order valence-corrected chi connectivity index (χ3v) is 3.98. The van der Waals surface area contributed by atoms with Gasteiger partial charge in [-0.25, -0.2) is 0 Å². The second kappa shape index (κ2) is 8.47. The zero-order valence-electron chi connectivity index (χ0n) is 15.6. The number of amides is 1.